The fourth-order valence-electron chi connectivity index (χ4n) is 1.82. The Kier molecular flexibility index (Phi) is 3.20. The van der Waals surface area contributed by atoms with Gasteiger partial charge < -0.3 is 11.1 Å². The minimum Gasteiger partial charge on any atom is -0.384 e. The lowest BCUT2D eigenvalue weighted by atomic mass is 9.84. The highest BCUT2D eigenvalue weighted by Crippen LogP contribution is 2.33. The quantitative estimate of drug-likeness (QED) is 0.394. The molecule has 1 aromatic heterocycles. The number of aromatic nitrogens is 1. The van der Waals surface area contributed by atoms with Crippen molar-refractivity contribution in [2.45, 2.75) is 5.92 Å². The van der Waals surface area contributed by atoms with Crippen LogP contribution in [0, 0.1) is 16.7 Å². The molecule has 0 radical (unpaired) electrons. The van der Waals surface area contributed by atoms with E-state index in [4.69, 9.17) is 23.4 Å². The minimum atomic E-state index is -0.477. The van der Waals surface area contributed by atoms with Crippen LogP contribution in [0.1, 0.15) is 11.5 Å². The summed E-state index contributed by atoms with van der Waals surface area (Å²) in [5.74, 6) is 2.02. The molecule has 0 spiro atoms. The maximum Gasteiger partial charge on any atom is 0.118 e. The fraction of sp³-hybridized carbons (Fsp3) is 0.0833. The van der Waals surface area contributed by atoms with E-state index >= 15 is 0 Å². The van der Waals surface area contributed by atoms with Crippen LogP contribution in [0.5, 0.6) is 0 Å². The molecule has 0 aliphatic carbocycles. The number of nitrogens with one attached hydrogen (secondary N) is 2. The van der Waals surface area contributed by atoms with Gasteiger partial charge in [0.05, 0.1) is 23.1 Å². The Balaban J connectivity index is 2.66. The van der Waals surface area contributed by atoms with Crippen molar-refractivity contribution in [3.05, 3.63) is 47.1 Å². The van der Waals surface area contributed by atoms with Crippen molar-refractivity contribution in [3.8, 4) is 6.07 Å². The highest BCUT2D eigenvalue weighted by molar-refractivity contribution is 7.80. The lowest BCUT2D eigenvalue weighted by molar-refractivity contribution is 0.890. The molecular weight excluding hydrogens is 246 g/mol. The Morgan fingerprint density at radius 3 is 2.89 bits per heavy atom. The molecule has 1 atom stereocenters. The minimum absolute atomic E-state index is 0.218. The summed E-state index contributed by atoms with van der Waals surface area (Å²) < 4.78 is 0. The summed E-state index contributed by atoms with van der Waals surface area (Å²) in [5, 5.41) is 19.2. The number of nitrogens with zero attached hydrogens (tertiary/aromatic N) is 2. The number of thiocarbonyl (C=S) groups is 1. The van der Waals surface area contributed by atoms with Crippen molar-refractivity contribution in [1.82, 2.24) is 10.3 Å². The highest BCUT2D eigenvalue weighted by atomic mass is 32.1. The van der Waals surface area contributed by atoms with Gasteiger partial charge in [-0.25, -0.2) is 0 Å². The summed E-state index contributed by atoms with van der Waals surface area (Å²) in [4.78, 5) is 4.32. The summed E-state index contributed by atoms with van der Waals surface area (Å²) in [6.07, 6.45) is 3.26. The zero-order valence-corrected chi connectivity index (χ0v) is 10.1. The van der Waals surface area contributed by atoms with E-state index in [1.807, 2.05) is 12.1 Å². The molecule has 0 saturated heterocycles. The van der Waals surface area contributed by atoms with Crippen molar-refractivity contribution >= 4 is 23.1 Å². The number of allylic oxidation sites excluding steroid dienone is 1. The summed E-state index contributed by atoms with van der Waals surface area (Å²) >= 11 is 5.11. The molecule has 2 rings (SSSR count). The maximum absolute atomic E-state index is 9.20. The molecule has 0 saturated carbocycles. The van der Waals surface area contributed by atoms with Gasteiger partial charge in [0.2, 0.25) is 0 Å². The summed E-state index contributed by atoms with van der Waals surface area (Å²) in [6.45, 7) is 0. The number of nitrogens with two attached hydrogens (primary N) is 1. The van der Waals surface area contributed by atoms with Crippen LogP contribution in [-0.2, 0) is 0 Å². The molecule has 0 bridgehead atoms. The van der Waals surface area contributed by atoms with Gasteiger partial charge in [-0.1, -0.05) is 18.3 Å². The number of nitriles is 1. The lowest BCUT2D eigenvalue weighted by Crippen LogP contribution is -2.37. The number of pyridine rings is 1. The van der Waals surface area contributed by atoms with Crippen molar-refractivity contribution < 1.29 is 0 Å². The van der Waals surface area contributed by atoms with Crippen molar-refractivity contribution in [1.29, 1.82) is 10.7 Å². The Hall–Kier alpha value is -2.48. The van der Waals surface area contributed by atoms with E-state index in [0.29, 0.717) is 16.1 Å². The molecule has 0 fully saturated rings. The smallest absolute Gasteiger partial charge is 0.118 e. The second kappa shape index (κ2) is 4.80. The fourth-order valence-corrected chi connectivity index (χ4v) is 2.10. The van der Waals surface area contributed by atoms with Crippen LogP contribution < -0.4 is 11.1 Å². The van der Waals surface area contributed by atoms with Crippen LogP contribution in [-0.4, -0.2) is 15.8 Å². The first-order valence-corrected chi connectivity index (χ1v) is 5.50. The Labute approximate surface area is 109 Å². The molecule has 1 aliphatic rings. The first kappa shape index (κ1) is 12.0. The van der Waals surface area contributed by atoms with Gasteiger partial charge in [0, 0.05) is 12.4 Å². The second-order valence-electron chi connectivity index (χ2n) is 3.65. The van der Waals surface area contributed by atoms with E-state index in [-0.39, 0.29) is 5.82 Å². The second-order valence-corrected chi connectivity index (χ2v) is 4.06. The van der Waals surface area contributed by atoms with Crippen molar-refractivity contribution in [3.63, 3.8) is 0 Å². The molecule has 1 aromatic rings. The molecular formula is C12H9N5S. The van der Waals surface area contributed by atoms with Crippen molar-refractivity contribution in [2.75, 3.05) is 0 Å². The van der Waals surface area contributed by atoms with E-state index in [1.54, 1.807) is 18.5 Å². The summed E-state index contributed by atoms with van der Waals surface area (Å²) in [7, 11) is 0. The van der Waals surface area contributed by atoms with Gasteiger partial charge >= 0.3 is 0 Å². The average Bonchev–Trinajstić information content (AvgIpc) is 2.39. The van der Waals surface area contributed by atoms with Gasteiger partial charge in [0.25, 0.3) is 0 Å². The van der Waals surface area contributed by atoms with E-state index < -0.39 is 5.92 Å². The lowest BCUT2D eigenvalue weighted by Gasteiger charge is -2.26. The van der Waals surface area contributed by atoms with Crippen molar-refractivity contribution in [2.24, 2.45) is 5.73 Å². The normalized spacial score (nSPS) is 18.9. The molecule has 1 unspecified atom stereocenters. The molecule has 0 amide bonds. The van der Waals surface area contributed by atoms with Gasteiger partial charge in [-0.05, 0) is 17.5 Å². The predicted molar refractivity (Wildman–Crippen MR) is 70.8 cm³/mol. The standard InChI is InChI=1S/C12H9N5S/c13-4-8-10(7-2-1-3-16-6-7)9(5-14)12(18)17-11(8)15/h1-3,6,10,14H,15H2,(H,17,18). The molecule has 88 valence electrons. The van der Waals surface area contributed by atoms with E-state index in [0.717, 1.165) is 5.56 Å². The first-order valence-electron chi connectivity index (χ1n) is 5.09. The third-order valence-electron chi connectivity index (χ3n) is 2.63. The van der Waals surface area contributed by atoms with Crippen LogP contribution in [0.25, 0.3) is 0 Å². The predicted octanol–water partition coefficient (Wildman–Crippen LogP) is 0.965. The molecule has 2 heterocycles. The van der Waals surface area contributed by atoms with Crippen LogP contribution in [0.15, 0.2) is 41.5 Å². The Bertz CT molecular complexity index is 620. The summed E-state index contributed by atoms with van der Waals surface area (Å²) in [6, 6.07) is 5.62. The maximum atomic E-state index is 9.20. The largest absolute Gasteiger partial charge is 0.384 e. The van der Waals surface area contributed by atoms with Gasteiger partial charge in [0.15, 0.2) is 0 Å². The van der Waals surface area contributed by atoms with Gasteiger partial charge in [-0.2, -0.15) is 5.26 Å². The first-order chi connectivity index (χ1) is 8.69. The summed E-state index contributed by atoms with van der Waals surface area (Å²) in [5.41, 5.74) is 7.27. The van der Waals surface area contributed by atoms with Crippen LogP contribution in [0.3, 0.4) is 0 Å². The zero-order chi connectivity index (χ0) is 13.1. The van der Waals surface area contributed by atoms with E-state index in [1.165, 1.54) is 0 Å². The molecule has 4 N–H and O–H groups in total. The Morgan fingerprint density at radius 2 is 2.33 bits per heavy atom. The van der Waals surface area contributed by atoms with Gasteiger partial charge in [0.1, 0.15) is 10.8 Å². The third-order valence-corrected chi connectivity index (χ3v) is 2.96. The molecule has 18 heavy (non-hydrogen) atoms. The van der Waals surface area contributed by atoms with Crippen LogP contribution in [0.4, 0.5) is 0 Å². The number of hydrogen-bond donors (Lipinski definition) is 3. The van der Waals surface area contributed by atoms with E-state index in [2.05, 4.69) is 16.2 Å². The number of rotatable bonds is 1. The highest BCUT2D eigenvalue weighted by Gasteiger charge is 2.31. The molecule has 6 heteroatoms. The number of hydrogen-bond acceptors (Lipinski definition) is 5. The van der Waals surface area contributed by atoms with Crippen LogP contribution >= 0.6 is 12.2 Å². The van der Waals surface area contributed by atoms with Gasteiger partial charge in [-0.15, -0.1) is 0 Å². The monoisotopic (exact) mass is 255 g/mol. The third kappa shape index (κ3) is 1.89. The molecule has 1 aliphatic heterocycles. The average molecular weight is 255 g/mol. The molecule has 0 aromatic carbocycles. The van der Waals surface area contributed by atoms with Crippen LogP contribution in [0.2, 0.25) is 0 Å². The Morgan fingerprint density at radius 1 is 1.56 bits per heavy atom. The van der Waals surface area contributed by atoms with E-state index in [9.17, 15) is 5.26 Å². The molecule has 5 nitrogen and oxygen atoms in total. The SMILES string of the molecule is N#CC1=C(N)NC(=S)C(=C=N)C1c1cccnc1. The van der Waals surface area contributed by atoms with Gasteiger partial charge in [-0.3, -0.25) is 10.4 Å². The topological polar surface area (TPSA) is 98.6 Å². The zero-order valence-electron chi connectivity index (χ0n) is 9.27.